The molecule has 0 bridgehead atoms. The summed E-state index contributed by atoms with van der Waals surface area (Å²) in [6.07, 6.45) is 1.30. The standard InChI is InChI=1S/C38H41FN8O5S/c1-3-43-23-28(37(50)51)36(49)27-21-29(39)32(22-31(27)43)45-17-19-46(20-18-45)35(48)25-53-38-41-40-34(47(38)26-9-5-4-6-10-26)24-42-13-15-44(16-14-42)30-11-7-8-12-33(30)52-2/h4-12,21-23H,3,13-20,24-25H2,1-2H3,(H,50,51). The number of pyridine rings is 1. The first-order chi connectivity index (χ1) is 25.7. The lowest BCUT2D eigenvalue weighted by atomic mass is 10.1. The highest BCUT2D eigenvalue weighted by Gasteiger charge is 2.27. The zero-order valence-electron chi connectivity index (χ0n) is 29.7. The van der Waals surface area contributed by atoms with Crippen molar-refractivity contribution in [3.8, 4) is 11.4 Å². The van der Waals surface area contributed by atoms with Gasteiger partial charge in [-0.05, 0) is 43.3 Å². The molecule has 0 spiro atoms. The molecule has 0 radical (unpaired) electrons. The molecule has 3 aromatic carbocycles. The largest absolute Gasteiger partial charge is 0.495 e. The highest BCUT2D eigenvalue weighted by atomic mass is 32.2. The number of carbonyl (C=O) groups is 2. The van der Waals surface area contributed by atoms with E-state index in [2.05, 4.69) is 26.1 Å². The number of benzene rings is 3. The van der Waals surface area contributed by atoms with E-state index in [0.29, 0.717) is 55.6 Å². The lowest BCUT2D eigenvalue weighted by Crippen LogP contribution is -2.49. The van der Waals surface area contributed by atoms with Crippen LogP contribution in [0.3, 0.4) is 0 Å². The van der Waals surface area contributed by atoms with Gasteiger partial charge >= 0.3 is 5.97 Å². The number of halogens is 1. The lowest BCUT2D eigenvalue weighted by Gasteiger charge is -2.36. The van der Waals surface area contributed by atoms with Crippen molar-refractivity contribution in [3.63, 3.8) is 0 Å². The van der Waals surface area contributed by atoms with Crippen LogP contribution in [0.5, 0.6) is 5.75 Å². The number of carboxylic acid groups (broad SMARTS) is 1. The maximum Gasteiger partial charge on any atom is 0.341 e. The van der Waals surface area contributed by atoms with E-state index >= 15 is 4.39 Å². The van der Waals surface area contributed by atoms with E-state index in [1.807, 2.05) is 64.9 Å². The molecule has 53 heavy (non-hydrogen) atoms. The SMILES string of the molecule is CCn1cc(C(=O)O)c(=O)c2cc(F)c(N3CCN(C(=O)CSc4nnc(CN5CCN(c6ccccc6OC)CC5)n4-c4ccccc4)CC3)cc21. The number of carbonyl (C=O) groups excluding carboxylic acids is 1. The van der Waals surface area contributed by atoms with Gasteiger partial charge in [0.2, 0.25) is 11.3 Å². The Morgan fingerprint density at radius 1 is 0.887 bits per heavy atom. The summed E-state index contributed by atoms with van der Waals surface area (Å²) in [5.74, 6) is -0.170. The van der Waals surface area contributed by atoms with Gasteiger partial charge in [0.1, 0.15) is 17.1 Å². The third-order valence-corrected chi connectivity index (χ3v) is 10.8. The summed E-state index contributed by atoms with van der Waals surface area (Å²) in [5.41, 5.74) is 1.68. The number of ether oxygens (including phenoxy) is 1. The minimum Gasteiger partial charge on any atom is -0.495 e. The van der Waals surface area contributed by atoms with Crippen LogP contribution in [0.2, 0.25) is 0 Å². The second-order valence-electron chi connectivity index (χ2n) is 12.9. The number of nitrogens with zero attached hydrogens (tertiary/aromatic N) is 8. The number of carboxylic acids is 1. The predicted octanol–water partition coefficient (Wildman–Crippen LogP) is 4.21. The normalized spacial score (nSPS) is 15.3. The Balaban J connectivity index is 0.997. The molecule has 2 aliphatic heterocycles. The highest BCUT2D eigenvalue weighted by Crippen LogP contribution is 2.30. The van der Waals surface area contributed by atoms with Crippen molar-refractivity contribution in [2.24, 2.45) is 0 Å². The topological polar surface area (TPSA) is 129 Å². The first kappa shape index (κ1) is 36.0. The number of aromatic nitrogens is 4. The number of thioether (sulfide) groups is 1. The van der Waals surface area contributed by atoms with E-state index in [1.165, 1.54) is 18.0 Å². The number of aryl methyl sites for hydroxylation is 1. The van der Waals surface area contributed by atoms with Gasteiger partial charge in [-0.15, -0.1) is 10.2 Å². The molecule has 0 atom stereocenters. The molecule has 2 saturated heterocycles. The number of rotatable bonds is 11. The van der Waals surface area contributed by atoms with Gasteiger partial charge in [-0.25, -0.2) is 9.18 Å². The van der Waals surface area contributed by atoms with Crippen molar-refractivity contribution in [1.29, 1.82) is 0 Å². The van der Waals surface area contributed by atoms with E-state index in [0.717, 1.165) is 55.2 Å². The van der Waals surface area contributed by atoms with E-state index in [9.17, 15) is 19.5 Å². The van der Waals surface area contributed by atoms with Gasteiger partial charge in [0.05, 0.1) is 36.3 Å². The summed E-state index contributed by atoms with van der Waals surface area (Å²) in [6.45, 7) is 7.83. The average Bonchev–Trinajstić information content (AvgIpc) is 3.59. The lowest BCUT2D eigenvalue weighted by molar-refractivity contribution is -0.128. The number of hydrogen-bond acceptors (Lipinski definition) is 10. The maximum absolute atomic E-state index is 15.4. The fourth-order valence-corrected chi connectivity index (χ4v) is 7.91. The molecular weight excluding hydrogens is 700 g/mol. The number of piperazine rings is 2. The Bertz CT molecular complexity index is 2180. The van der Waals surface area contributed by atoms with Crippen LogP contribution < -0.4 is 20.0 Å². The number of fused-ring (bicyclic) bond motifs is 1. The summed E-state index contributed by atoms with van der Waals surface area (Å²) in [7, 11) is 1.69. The van der Waals surface area contributed by atoms with Crippen LogP contribution in [0.25, 0.3) is 16.6 Å². The Labute approximate surface area is 310 Å². The first-order valence-corrected chi connectivity index (χ1v) is 18.6. The Morgan fingerprint density at radius 2 is 1.57 bits per heavy atom. The summed E-state index contributed by atoms with van der Waals surface area (Å²) >= 11 is 1.35. The van der Waals surface area contributed by atoms with Crippen molar-refractivity contribution < 1.29 is 23.8 Å². The summed E-state index contributed by atoms with van der Waals surface area (Å²) in [4.78, 5) is 46.2. The fraction of sp³-hybridized carbons (Fsp3) is 0.342. The van der Waals surface area contributed by atoms with E-state index < -0.39 is 22.8 Å². The van der Waals surface area contributed by atoms with Crippen molar-refractivity contribution >= 4 is 45.9 Å². The van der Waals surface area contributed by atoms with Crippen molar-refractivity contribution in [1.82, 2.24) is 29.1 Å². The smallest absolute Gasteiger partial charge is 0.341 e. The third kappa shape index (κ3) is 7.44. The number of hydrogen-bond donors (Lipinski definition) is 1. The maximum atomic E-state index is 15.4. The van der Waals surface area contributed by atoms with Gasteiger partial charge < -0.3 is 29.1 Å². The van der Waals surface area contributed by atoms with Crippen LogP contribution in [-0.4, -0.2) is 111 Å². The molecule has 4 heterocycles. The number of aromatic carboxylic acids is 1. The van der Waals surface area contributed by atoms with Gasteiger partial charge in [-0.2, -0.15) is 0 Å². The number of amides is 1. The first-order valence-electron chi connectivity index (χ1n) is 17.6. The van der Waals surface area contributed by atoms with Crippen molar-refractivity contribution in [2.45, 2.75) is 25.2 Å². The van der Waals surface area contributed by atoms with E-state index in [4.69, 9.17) is 4.74 Å². The van der Waals surface area contributed by atoms with E-state index in [-0.39, 0.29) is 17.0 Å². The summed E-state index contributed by atoms with van der Waals surface area (Å²) < 4.78 is 24.7. The molecule has 2 fully saturated rings. The molecule has 15 heteroatoms. The molecule has 0 unspecified atom stereocenters. The van der Waals surface area contributed by atoms with Crippen LogP contribution in [0, 0.1) is 5.82 Å². The van der Waals surface area contributed by atoms with E-state index in [1.54, 1.807) is 22.6 Å². The zero-order chi connectivity index (χ0) is 37.1. The average molecular weight is 741 g/mol. The number of para-hydroxylation sites is 3. The Kier molecular flexibility index (Phi) is 10.6. The minimum absolute atomic E-state index is 0.0250. The van der Waals surface area contributed by atoms with Crippen LogP contribution in [0.1, 0.15) is 23.1 Å². The molecule has 1 amide bonds. The molecule has 0 aliphatic carbocycles. The van der Waals surface area contributed by atoms with Gasteiger partial charge in [-0.3, -0.25) is 19.1 Å². The molecule has 1 N–H and O–H groups in total. The Hall–Kier alpha value is -5.41. The summed E-state index contributed by atoms with van der Waals surface area (Å²) in [5, 5.41) is 19.2. The van der Waals surface area contributed by atoms with Crippen LogP contribution in [-0.2, 0) is 17.9 Å². The molecule has 2 aromatic heterocycles. The minimum atomic E-state index is -1.35. The van der Waals surface area contributed by atoms with Crippen LogP contribution >= 0.6 is 11.8 Å². The van der Waals surface area contributed by atoms with Gasteiger partial charge in [0.25, 0.3) is 0 Å². The molecule has 7 rings (SSSR count). The van der Waals surface area contributed by atoms with Crippen molar-refractivity contribution in [3.05, 3.63) is 100 Å². The monoisotopic (exact) mass is 740 g/mol. The molecule has 13 nitrogen and oxygen atoms in total. The second-order valence-corrected chi connectivity index (χ2v) is 13.9. The predicted molar refractivity (Wildman–Crippen MR) is 202 cm³/mol. The number of methoxy groups -OCH3 is 1. The molecule has 0 saturated carbocycles. The van der Waals surface area contributed by atoms with Gasteiger partial charge in [0, 0.05) is 76.2 Å². The summed E-state index contributed by atoms with van der Waals surface area (Å²) in [6, 6.07) is 20.7. The molecule has 5 aromatic rings. The van der Waals surface area contributed by atoms with Gasteiger partial charge in [0.15, 0.2) is 11.0 Å². The molecular formula is C38H41FN8O5S. The zero-order valence-corrected chi connectivity index (χ0v) is 30.5. The van der Waals surface area contributed by atoms with Gasteiger partial charge in [-0.1, -0.05) is 42.1 Å². The Morgan fingerprint density at radius 3 is 2.26 bits per heavy atom. The second kappa shape index (κ2) is 15.7. The molecule has 2 aliphatic rings. The fourth-order valence-electron chi connectivity index (χ4n) is 7.04. The van der Waals surface area contributed by atoms with Crippen LogP contribution in [0.15, 0.2) is 82.9 Å². The van der Waals surface area contributed by atoms with Crippen molar-refractivity contribution in [2.75, 3.05) is 75.0 Å². The van der Waals surface area contributed by atoms with Crippen LogP contribution in [0.4, 0.5) is 15.8 Å². The number of anilines is 2. The highest BCUT2D eigenvalue weighted by molar-refractivity contribution is 7.99. The molecule has 276 valence electrons. The quantitative estimate of drug-likeness (QED) is 0.196. The third-order valence-electron chi connectivity index (χ3n) is 9.90.